The molecule has 0 radical (unpaired) electrons. The van der Waals surface area contributed by atoms with Gasteiger partial charge in [-0.05, 0) is 25.3 Å². The Morgan fingerprint density at radius 1 is 1.32 bits per heavy atom. The second kappa shape index (κ2) is 5.18. The van der Waals surface area contributed by atoms with Gasteiger partial charge in [0.1, 0.15) is 5.60 Å². The first kappa shape index (κ1) is 14.4. The number of hydrogen-bond donors (Lipinski definition) is 0. The van der Waals surface area contributed by atoms with Crippen LogP contribution in [0.25, 0.3) is 0 Å². The van der Waals surface area contributed by atoms with Crippen LogP contribution in [0.2, 0.25) is 0 Å². The van der Waals surface area contributed by atoms with Gasteiger partial charge >= 0.3 is 0 Å². The van der Waals surface area contributed by atoms with Crippen LogP contribution < -0.4 is 4.74 Å². The van der Waals surface area contributed by atoms with Gasteiger partial charge in [0.15, 0.2) is 0 Å². The normalized spacial score (nSPS) is 27.7. The van der Waals surface area contributed by atoms with E-state index in [-0.39, 0.29) is 16.8 Å². The lowest BCUT2D eigenvalue weighted by Gasteiger charge is -2.49. The molecule has 2 saturated heterocycles. The average Bonchev–Trinajstić information content (AvgIpc) is 3.25. The van der Waals surface area contributed by atoms with Gasteiger partial charge < -0.3 is 9.47 Å². The van der Waals surface area contributed by atoms with Gasteiger partial charge in [-0.1, -0.05) is 6.07 Å². The van der Waals surface area contributed by atoms with Crippen LogP contribution in [0, 0.1) is 5.92 Å². The van der Waals surface area contributed by atoms with Gasteiger partial charge in [-0.3, -0.25) is 0 Å². The quantitative estimate of drug-likeness (QED) is 0.809. The minimum Gasteiger partial charge on any atom is -0.477 e. The zero-order valence-corrected chi connectivity index (χ0v) is 13.2. The summed E-state index contributed by atoms with van der Waals surface area (Å²) in [7, 11) is -3.08. The highest BCUT2D eigenvalue weighted by Gasteiger charge is 2.58. The summed E-state index contributed by atoms with van der Waals surface area (Å²) >= 11 is 0. The number of aromatic nitrogens is 1. The molecule has 3 fully saturated rings. The van der Waals surface area contributed by atoms with E-state index in [1.54, 1.807) is 10.5 Å². The Morgan fingerprint density at radius 2 is 2.14 bits per heavy atom. The third-order valence-electron chi connectivity index (χ3n) is 4.86. The third-order valence-corrected chi connectivity index (χ3v) is 7.16. The van der Waals surface area contributed by atoms with Crippen molar-refractivity contribution in [2.75, 3.05) is 26.3 Å². The summed E-state index contributed by atoms with van der Waals surface area (Å²) < 4.78 is 37.7. The Kier molecular flexibility index (Phi) is 3.39. The Morgan fingerprint density at radius 3 is 2.82 bits per heavy atom. The van der Waals surface area contributed by atoms with Crippen LogP contribution in [0.3, 0.4) is 0 Å². The van der Waals surface area contributed by atoms with Gasteiger partial charge in [0, 0.05) is 37.9 Å². The van der Waals surface area contributed by atoms with Gasteiger partial charge in [0.05, 0.1) is 11.9 Å². The molecule has 22 heavy (non-hydrogen) atoms. The zero-order chi connectivity index (χ0) is 15.2. The molecular formula is C15H20N2O4S. The third kappa shape index (κ3) is 2.41. The number of ether oxygens (including phenoxy) is 2. The molecule has 6 nitrogen and oxygen atoms in total. The van der Waals surface area contributed by atoms with Crippen molar-refractivity contribution >= 4 is 10.0 Å². The van der Waals surface area contributed by atoms with E-state index in [9.17, 15) is 8.42 Å². The van der Waals surface area contributed by atoms with E-state index < -0.39 is 10.0 Å². The van der Waals surface area contributed by atoms with E-state index in [1.165, 1.54) is 0 Å². The van der Waals surface area contributed by atoms with Crippen LogP contribution >= 0.6 is 0 Å². The highest BCUT2D eigenvalue weighted by Crippen LogP contribution is 2.44. The van der Waals surface area contributed by atoms with Crippen molar-refractivity contribution in [3.8, 4) is 5.88 Å². The fraction of sp³-hybridized carbons (Fsp3) is 0.667. The molecule has 3 aliphatic rings. The smallest absolute Gasteiger partial charge is 0.217 e. The summed E-state index contributed by atoms with van der Waals surface area (Å²) in [4.78, 5) is 4.15. The number of rotatable bonds is 5. The standard InChI is InChI=1S/C15H20N2O4S/c18-22(19,13-4-5-13)17-10-15(11-17)12(6-8-21-15)9-20-14-3-1-2-7-16-14/h1-3,7,12-13H,4-6,8-11H2/t12-/m0/s1. The fourth-order valence-corrected chi connectivity index (χ4v) is 5.25. The van der Waals surface area contributed by atoms with Crippen molar-refractivity contribution < 1.29 is 17.9 Å². The summed E-state index contributed by atoms with van der Waals surface area (Å²) in [6.45, 7) is 2.14. The molecule has 0 aromatic carbocycles. The molecule has 4 rings (SSSR count). The molecule has 1 spiro atoms. The minimum atomic E-state index is -3.08. The van der Waals surface area contributed by atoms with Crippen molar-refractivity contribution in [1.29, 1.82) is 0 Å². The Hall–Kier alpha value is -1.18. The zero-order valence-electron chi connectivity index (χ0n) is 12.3. The number of sulfonamides is 1. The molecule has 1 atom stereocenters. The van der Waals surface area contributed by atoms with Crippen LogP contribution in [-0.4, -0.2) is 54.9 Å². The molecular weight excluding hydrogens is 304 g/mol. The predicted molar refractivity (Wildman–Crippen MR) is 80.0 cm³/mol. The van der Waals surface area contributed by atoms with Gasteiger partial charge in [0.25, 0.3) is 0 Å². The SMILES string of the molecule is O=S(=O)(C1CC1)N1CC2(C1)OCC[C@H]2COc1ccccn1. The van der Waals surface area contributed by atoms with Gasteiger partial charge in [-0.15, -0.1) is 0 Å². The molecule has 2 aliphatic heterocycles. The van der Waals surface area contributed by atoms with Gasteiger partial charge in [-0.25, -0.2) is 13.4 Å². The molecule has 1 aromatic heterocycles. The number of pyridine rings is 1. The van der Waals surface area contributed by atoms with E-state index in [0.717, 1.165) is 19.3 Å². The van der Waals surface area contributed by atoms with E-state index in [0.29, 0.717) is 32.2 Å². The van der Waals surface area contributed by atoms with Crippen molar-refractivity contribution in [3.05, 3.63) is 24.4 Å². The monoisotopic (exact) mass is 324 g/mol. The van der Waals surface area contributed by atoms with Crippen LogP contribution in [0.5, 0.6) is 5.88 Å². The van der Waals surface area contributed by atoms with Crippen LogP contribution in [0.15, 0.2) is 24.4 Å². The molecule has 120 valence electrons. The molecule has 7 heteroatoms. The molecule has 0 unspecified atom stereocenters. The highest BCUT2D eigenvalue weighted by atomic mass is 32.2. The second-order valence-electron chi connectivity index (χ2n) is 6.39. The Bertz CT molecular complexity index is 639. The highest BCUT2D eigenvalue weighted by molar-refractivity contribution is 7.90. The summed E-state index contributed by atoms with van der Waals surface area (Å²) in [5.41, 5.74) is -0.350. The summed E-state index contributed by atoms with van der Waals surface area (Å²) in [5.74, 6) is 0.825. The molecule has 0 bridgehead atoms. The first-order chi connectivity index (χ1) is 10.6. The molecule has 1 saturated carbocycles. The number of hydrogen-bond acceptors (Lipinski definition) is 5. The second-order valence-corrected chi connectivity index (χ2v) is 8.60. The maximum Gasteiger partial charge on any atom is 0.217 e. The molecule has 1 aromatic rings. The lowest BCUT2D eigenvalue weighted by atomic mass is 9.83. The van der Waals surface area contributed by atoms with Gasteiger partial charge in [0.2, 0.25) is 15.9 Å². The molecule has 0 amide bonds. The largest absolute Gasteiger partial charge is 0.477 e. The average molecular weight is 324 g/mol. The summed E-state index contributed by atoms with van der Waals surface area (Å²) in [6, 6.07) is 5.56. The van der Waals surface area contributed by atoms with Crippen LogP contribution in [-0.2, 0) is 14.8 Å². The van der Waals surface area contributed by atoms with Crippen molar-refractivity contribution in [2.45, 2.75) is 30.1 Å². The van der Waals surface area contributed by atoms with Gasteiger partial charge in [-0.2, -0.15) is 4.31 Å². The molecule has 3 heterocycles. The first-order valence-corrected chi connectivity index (χ1v) is 9.27. The van der Waals surface area contributed by atoms with Crippen molar-refractivity contribution in [2.24, 2.45) is 5.92 Å². The minimum absolute atomic E-state index is 0.144. The van der Waals surface area contributed by atoms with E-state index in [1.807, 2.05) is 18.2 Å². The summed E-state index contributed by atoms with van der Waals surface area (Å²) in [6.07, 6.45) is 4.21. The van der Waals surface area contributed by atoms with E-state index in [2.05, 4.69) is 4.98 Å². The Labute approximate surface area is 130 Å². The van der Waals surface area contributed by atoms with Crippen molar-refractivity contribution in [3.63, 3.8) is 0 Å². The number of nitrogens with zero attached hydrogens (tertiary/aromatic N) is 2. The van der Waals surface area contributed by atoms with Crippen LogP contribution in [0.4, 0.5) is 0 Å². The maximum atomic E-state index is 12.2. The molecule has 1 aliphatic carbocycles. The fourth-order valence-electron chi connectivity index (χ4n) is 3.30. The summed E-state index contributed by atoms with van der Waals surface area (Å²) in [5, 5.41) is -0.144. The first-order valence-electron chi connectivity index (χ1n) is 7.77. The maximum absolute atomic E-state index is 12.2. The van der Waals surface area contributed by atoms with Crippen molar-refractivity contribution in [1.82, 2.24) is 9.29 Å². The van der Waals surface area contributed by atoms with E-state index in [4.69, 9.17) is 9.47 Å². The topological polar surface area (TPSA) is 68.7 Å². The molecule has 0 N–H and O–H groups in total. The van der Waals surface area contributed by atoms with Crippen LogP contribution in [0.1, 0.15) is 19.3 Å². The lowest BCUT2D eigenvalue weighted by molar-refractivity contribution is -0.107. The lowest BCUT2D eigenvalue weighted by Crippen LogP contribution is -2.67. The predicted octanol–water partition coefficient (Wildman–Crippen LogP) is 1.04. The Balaban J connectivity index is 1.38. The van der Waals surface area contributed by atoms with E-state index >= 15 is 0 Å².